The molecule has 0 saturated carbocycles. The van der Waals surface area contributed by atoms with Gasteiger partial charge in [0.15, 0.2) is 0 Å². The number of oxime groups is 1. The van der Waals surface area contributed by atoms with Crippen LogP contribution in [0.1, 0.15) is 54.4 Å². The van der Waals surface area contributed by atoms with Gasteiger partial charge in [-0.3, -0.25) is 0 Å². The predicted octanol–water partition coefficient (Wildman–Crippen LogP) is 1.68. The summed E-state index contributed by atoms with van der Waals surface area (Å²) in [4.78, 5) is 0. The van der Waals surface area contributed by atoms with E-state index in [2.05, 4.69) is 10.5 Å². The second-order valence-electron chi connectivity index (χ2n) is 6.58. The smallest absolute Gasteiger partial charge is 0.144 e. The highest BCUT2D eigenvalue weighted by atomic mass is 16.4. The highest BCUT2D eigenvalue weighted by Gasteiger charge is 2.34. The maximum absolute atomic E-state index is 10.00. The lowest BCUT2D eigenvalue weighted by Crippen LogP contribution is -2.56. The number of amidine groups is 1. The summed E-state index contributed by atoms with van der Waals surface area (Å²) in [5.41, 5.74) is 4.18. The highest BCUT2D eigenvalue weighted by Crippen LogP contribution is 2.23. The summed E-state index contributed by atoms with van der Waals surface area (Å²) in [6.45, 7) is 12.2. The van der Waals surface area contributed by atoms with Gasteiger partial charge in [0.25, 0.3) is 0 Å². The van der Waals surface area contributed by atoms with Gasteiger partial charge >= 0.3 is 0 Å². The van der Waals surface area contributed by atoms with E-state index in [-0.39, 0.29) is 16.8 Å². The number of hydrogen-bond donors (Lipinski definition) is 4. The molecule has 0 aromatic heterocycles. The lowest BCUT2D eigenvalue weighted by atomic mass is 9.84. The first kappa shape index (κ1) is 17.2. The van der Waals surface area contributed by atoms with Crippen LogP contribution >= 0.6 is 0 Å². The summed E-state index contributed by atoms with van der Waals surface area (Å²) >= 11 is 0. The Morgan fingerprint density at radius 1 is 1.17 bits per heavy atom. The van der Waals surface area contributed by atoms with Crippen LogP contribution in [-0.4, -0.2) is 33.8 Å². The zero-order valence-corrected chi connectivity index (χ0v) is 12.5. The molecule has 5 N–H and O–H groups in total. The van der Waals surface area contributed by atoms with Crippen LogP contribution in [-0.2, 0) is 0 Å². The van der Waals surface area contributed by atoms with Gasteiger partial charge in [-0.25, -0.2) is 0 Å². The van der Waals surface area contributed by atoms with E-state index in [1.54, 1.807) is 13.8 Å². The van der Waals surface area contributed by atoms with E-state index in [4.69, 9.17) is 10.9 Å². The molecule has 0 unspecified atom stereocenters. The average Bonchev–Trinajstić information content (AvgIpc) is 2.21. The molecule has 0 saturated heterocycles. The van der Waals surface area contributed by atoms with Crippen LogP contribution in [0.25, 0.3) is 0 Å². The third kappa shape index (κ3) is 4.82. The van der Waals surface area contributed by atoms with Gasteiger partial charge in [0.2, 0.25) is 0 Å². The fraction of sp³-hybridized carbons (Fsp3) is 0.923. The molecule has 0 heterocycles. The fourth-order valence-corrected chi connectivity index (χ4v) is 1.41. The number of nitrogens with one attached hydrogen (secondary N) is 1. The van der Waals surface area contributed by atoms with E-state index in [1.165, 1.54) is 0 Å². The van der Waals surface area contributed by atoms with Crippen molar-refractivity contribution in [3.05, 3.63) is 0 Å². The lowest BCUT2D eigenvalue weighted by Gasteiger charge is -2.38. The molecular weight excluding hydrogens is 230 g/mol. The Hall–Kier alpha value is -0.810. The Labute approximate surface area is 110 Å². The van der Waals surface area contributed by atoms with Gasteiger partial charge in [-0.2, -0.15) is 0 Å². The Bertz CT molecular complexity index is 291. The standard InChI is InChI=1S/C13H29N3O2/c1-11(2,10(14)16-18)8-7-9-15-12(3,4)13(5,6)17/h15,17-18H,7-9H2,1-6H3,(H2,14,16). The summed E-state index contributed by atoms with van der Waals surface area (Å²) in [6, 6.07) is 0. The maximum atomic E-state index is 10.00. The molecule has 108 valence electrons. The molecule has 0 aliphatic heterocycles. The van der Waals surface area contributed by atoms with Crippen molar-refractivity contribution in [2.75, 3.05) is 6.54 Å². The molecule has 0 aromatic carbocycles. The van der Waals surface area contributed by atoms with Gasteiger partial charge in [0.05, 0.1) is 5.60 Å². The third-order valence-corrected chi connectivity index (χ3v) is 3.88. The van der Waals surface area contributed by atoms with E-state index in [9.17, 15) is 5.11 Å². The van der Waals surface area contributed by atoms with E-state index in [0.717, 1.165) is 19.4 Å². The number of nitrogens with two attached hydrogens (primary N) is 1. The number of aliphatic hydroxyl groups is 1. The van der Waals surface area contributed by atoms with Crippen LogP contribution < -0.4 is 11.1 Å². The first-order valence-electron chi connectivity index (χ1n) is 6.39. The zero-order valence-electron chi connectivity index (χ0n) is 12.5. The minimum atomic E-state index is -0.784. The summed E-state index contributed by atoms with van der Waals surface area (Å²) in [5, 5.41) is 25.1. The van der Waals surface area contributed by atoms with Crippen LogP contribution in [0, 0.1) is 5.41 Å². The molecular formula is C13H29N3O2. The molecule has 18 heavy (non-hydrogen) atoms. The second-order valence-corrected chi connectivity index (χ2v) is 6.58. The molecule has 0 aliphatic rings. The van der Waals surface area contributed by atoms with E-state index in [1.807, 2.05) is 27.7 Å². The fourth-order valence-electron chi connectivity index (χ4n) is 1.41. The van der Waals surface area contributed by atoms with Crippen LogP contribution in [0.15, 0.2) is 5.16 Å². The summed E-state index contributed by atoms with van der Waals surface area (Å²) in [7, 11) is 0. The van der Waals surface area contributed by atoms with Crippen molar-refractivity contribution in [2.45, 2.75) is 65.5 Å². The molecule has 0 aliphatic carbocycles. The number of rotatable bonds is 7. The summed E-state index contributed by atoms with van der Waals surface area (Å²) in [6.07, 6.45) is 1.71. The Morgan fingerprint density at radius 3 is 2.06 bits per heavy atom. The minimum Gasteiger partial charge on any atom is -0.409 e. The topological polar surface area (TPSA) is 90.9 Å². The molecule has 0 fully saturated rings. The third-order valence-electron chi connectivity index (χ3n) is 3.88. The van der Waals surface area contributed by atoms with Crippen molar-refractivity contribution in [3.8, 4) is 0 Å². The lowest BCUT2D eigenvalue weighted by molar-refractivity contribution is -0.00455. The minimum absolute atomic E-state index is 0.254. The van der Waals surface area contributed by atoms with Crippen molar-refractivity contribution in [2.24, 2.45) is 16.3 Å². The molecule has 0 radical (unpaired) electrons. The van der Waals surface area contributed by atoms with E-state index in [0.29, 0.717) is 0 Å². The van der Waals surface area contributed by atoms with Crippen LogP contribution in [0.5, 0.6) is 0 Å². The van der Waals surface area contributed by atoms with Crippen molar-refractivity contribution in [1.29, 1.82) is 0 Å². The summed E-state index contributed by atoms with van der Waals surface area (Å²) in [5.74, 6) is 0.254. The normalized spacial score (nSPS) is 14.9. The first-order chi connectivity index (χ1) is 7.94. The van der Waals surface area contributed by atoms with Crippen molar-refractivity contribution < 1.29 is 10.3 Å². The van der Waals surface area contributed by atoms with Gasteiger partial charge in [-0.1, -0.05) is 19.0 Å². The van der Waals surface area contributed by atoms with E-state index >= 15 is 0 Å². The van der Waals surface area contributed by atoms with Crippen molar-refractivity contribution in [1.82, 2.24) is 5.32 Å². The molecule has 0 bridgehead atoms. The highest BCUT2D eigenvalue weighted by molar-refractivity contribution is 5.85. The molecule has 0 atom stereocenters. The molecule has 5 nitrogen and oxygen atoms in total. The van der Waals surface area contributed by atoms with Gasteiger partial charge in [-0.15, -0.1) is 0 Å². The number of nitrogens with zero attached hydrogens (tertiary/aromatic N) is 1. The van der Waals surface area contributed by atoms with Gasteiger partial charge < -0.3 is 21.4 Å². The molecule has 0 amide bonds. The Balaban J connectivity index is 4.17. The average molecular weight is 259 g/mol. The summed E-state index contributed by atoms with van der Waals surface area (Å²) < 4.78 is 0. The quantitative estimate of drug-likeness (QED) is 0.184. The second kappa shape index (κ2) is 5.89. The van der Waals surface area contributed by atoms with E-state index < -0.39 is 5.60 Å². The van der Waals surface area contributed by atoms with Crippen LogP contribution in [0.3, 0.4) is 0 Å². The first-order valence-corrected chi connectivity index (χ1v) is 6.39. The van der Waals surface area contributed by atoms with Crippen LogP contribution in [0.2, 0.25) is 0 Å². The molecule has 5 heteroatoms. The van der Waals surface area contributed by atoms with Gasteiger partial charge in [-0.05, 0) is 47.1 Å². The Kier molecular flexibility index (Phi) is 5.62. The van der Waals surface area contributed by atoms with Gasteiger partial charge in [0.1, 0.15) is 5.84 Å². The number of hydrogen-bond acceptors (Lipinski definition) is 4. The largest absolute Gasteiger partial charge is 0.409 e. The SMILES string of the molecule is CC(C)(CCCNC(C)(C)C(C)(C)O)C(N)=NO. The Morgan fingerprint density at radius 2 is 1.67 bits per heavy atom. The molecule has 0 rings (SSSR count). The monoisotopic (exact) mass is 259 g/mol. The van der Waals surface area contributed by atoms with Crippen LogP contribution in [0.4, 0.5) is 0 Å². The molecule has 0 aromatic rings. The zero-order chi connectivity index (χ0) is 14.6. The van der Waals surface area contributed by atoms with Crippen molar-refractivity contribution >= 4 is 5.84 Å². The molecule has 0 spiro atoms. The van der Waals surface area contributed by atoms with Gasteiger partial charge in [0, 0.05) is 11.0 Å². The maximum Gasteiger partial charge on any atom is 0.144 e. The van der Waals surface area contributed by atoms with Crippen molar-refractivity contribution in [3.63, 3.8) is 0 Å². The predicted molar refractivity (Wildman–Crippen MR) is 74.8 cm³/mol.